The van der Waals surface area contributed by atoms with Crippen molar-refractivity contribution in [2.45, 2.75) is 44.8 Å². The van der Waals surface area contributed by atoms with Crippen molar-refractivity contribution in [2.24, 2.45) is 0 Å². The zero-order valence-electron chi connectivity index (χ0n) is 18.2. The number of carbonyl (C=O) groups excluding carboxylic acids is 1. The first kappa shape index (κ1) is 21.5. The van der Waals surface area contributed by atoms with Crippen molar-refractivity contribution in [3.8, 4) is 0 Å². The fourth-order valence-electron chi connectivity index (χ4n) is 4.33. The molecule has 0 radical (unpaired) electrons. The van der Waals surface area contributed by atoms with Crippen LogP contribution in [0.3, 0.4) is 0 Å². The molecule has 1 fully saturated rings. The number of nitrogens with one attached hydrogen (secondary N) is 1. The predicted molar refractivity (Wildman–Crippen MR) is 124 cm³/mol. The van der Waals surface area contributed by atoms with Crippen molar-refractivity contribution in [3.63, 3.8) is 0 Å². The number of aryl methyl sites for hydroxylation is 1. The summed E-state index contributed by atoms with van der Waals surface area (Å²) in [6.45, 7) is 4.76. The minimum atomic E-state index is -0.132. The van der Waals surface area contributed by atoms with Gasteiger partial charge in [-0.2, -0.15) is 0 Å². The highest BCUT2D eigenvalue weighted by Crippen LogP contribution is 2.29. The summed E-state index contributed by atoms with van der Waals surface area (Å²) in [6, 6.07) is 23.6. The summed E-state index contributed by atoms with van der Waals surface area (Å²) in [4.78, 5) is 11.6. The van der Waals surface area contributed by atoms with Crippen LogP contribution in [0.25, 0.3) is 10.8 Å². The van der Waals surface area contributed by atoms with Crippen LogP contribution in [-0.4, -0.2) is 31.8 Å². The van der Waals surface area contributed by atoms with Gasteiger partial charge in [0.2, 0.25) is 0 Å². The van der Waals surface area contributed by atoms with Crippen LogP contribution in [0.5, 0.6) is 0 Å². The number of hydrogen-bond acceptors (Lipinski definition) is 4. The molecule has 0 bridgehead atoms. The first-order valence-electron chi connectivity index (χ1n) is 11.3. The van der Waals surface area contributed by atoms with Crippen molar-refractivity contribution in [2.75, 3.05) is 19.7 Å². The summed E-state index contributed by atoms with van der Waals surface area (Å²) in [5.74, 6) is 0.243. The van der Waals surface area contributed by atoms with Gasteiger partial charge in [0.15, 0.2) is 0 Å². The van der Waals surface area contributed by atoms with Crippen molar-refractivity contribution in [1.29, 1.82) is 0 Å². The molecule has 0 aromatic heterocycles. The third-order valence-corrected chi connectivity index (χ3v) is 6.04. The van der Waals surface area contributed by atoms with Gasteiger partial charge < -0.3 is 14.8 Å². The van der Waals surface area contributed by atoms with E-state index in [1.54, 1.807) is 0 Å². The van der Waals surface area contributed by atoms with Gasteiger partial charge in [0.1, 0.15) is 0 Å². The van der Waals surface area contributed by atoms with Gasteiger partial charge in [-0.25, -0.2) is 0 Å². The van der Waals surface area contributed by atoms with E-state index in [9.17, 15) is 4.79 Å². The van der Waals surface area contributed by atoms with Crippen molar-refractivity contribution in [3.05, 3.63) is 83.4 Å². The quantitative estimate of drug-likeness (QED) is 0.524. The lowest BCUT2D eigenvalue weighted by molar-refractivity contribution is -0.143. The van der Waals surface area contributed by atoms with Gasteiger partial charge in [-0.05, 0) is 59.8 Å². The molecule has 0 aliphatic carbocycles. The number of carbonyl (C=O) groups is 1. The van der Waals surface area contributed by atoms with Gasteiger partial charge in [-0.15, -0.1) is 0 Å². The molecular weight excluding hydrogens is 386 g/mol. The zero-order valence-corrected chi connectivity index (χ0v) is 18.2. The summed E-state index contributed by atoms with van der Waals surface area (Å²) in [5, 5.41) is 5.99. The van der Waals surface area contributed by atoms with Crippen LogP contribution in [0.4, 0.5) is 0 Å². The number of benzene rings is 3. The molecule has 0 amide bonds. The number of piperidine rings is 1. The first-order chi connectivity index (χ1) is 15.2. The summed E-state index contributed by atoms with van der Waals surface area (Å²) in [5.41, 5.74) is 3.68. The van der Waals surface area contributed by atoms with E-state index in [2.05, 4.69) is 72.0 Å². The third-order valence-electron chi connectivity index (χ3n) is 6.04. The molecule has 3 aromatic carbocycles. The Morgan fingerprint density at radius 2 is 1.77 bits per heavy atom. The fraction of sp³-hybridized carbons (Fsp3) is 0.370. The molecule has 4 rings (SSSR count). The Bertz CT molecular complexity index is 999. The van der Waals surface area contributed by atoms with Gasteiger partial charge in [0.05, 0.1) is 19.3 Å². The molecule has 162 valence electrons. The smallest absolute Gasteiger partial charge is 0.306 e. The Labute approximate surface area is 184 Å². The number of hydrogen-bond donors (Lipinski definition) is 1. The molecule has 1 heterocycles. The Hall–Kier alpha value is -2.69. The van der Waals surface area contributed by atoms with E-state index < -0.39 is 0 Å². The SMILES string of the molecule is CCOC(=O)CCc1ccc(C2CCNCC2OCc2ccc3ccccc3c2)cc1. The average molecular weight is 418 g/mol. The molecule has 1 aliphatic rings. The van der Waals surface area contributed by atoms with Crippen LogP contribution in [0.1, 0.15) is 42.4 Å². The van der Waals surface area contributed by atoms with Crippen LogP contribution >= 0.6 is 0 Å². The summed E-state index contributed by atoms with van der Waals surface area (Å²) >= 11 is 0. The van der Waals surface area contributed by atoms with Crippen LogP contribution in [-0.2, 0) is 27.3 Å². The van der Waals surface area contributed by atoms with E-state index in [4.69, 9.17) is 9.47 Å². The Morgan fingerprint density at radius 1 is 1.00 bits per heavy atom. The predicted octanol–water partition coefficient (Wildman–Crippen LogP) is 5.00. The van der Waals surface area contributed by atoms with E-state index in [1.165, 1.54) is 27.5 Å². The van der Waals surface area contributed by atoms with Gasteiger partial charge in [0.25, 0.3) is 0 Å². The molecular formula is C27H31NO3. The van der Waals surface area contributed by atoms with E-state index in [0.717, 1.165) is 19.5 Å². The molecule has 1 saturated heterocycles. The normalized spacial score (nSPS) is 18.7. The van der Waals surface area contributed by atoms with Crippen molar-refractivity contribution >= 4 is 16.7 Å². The highest BCUT2D eigenvalue weighted by molar-refractivity contribution is 5.82. The lowest BCUT2D eigenvalue weighted by Gasteiger charge is -2.32. The van der Waals surface area contributed by atoms with Crippen LogP contribution in [0, 0.1) is 0 Å². The maximum absolute atomic E-state index is 11.6. The molecule has 2 atom stereocenters. The molecule has 0 spiro atoms. The molecule has 4 heteroatoms. The number of ether oxygens (including phenoxy) is 2. The molecule has 0 saturated carbocycles. The largest absolute Gasteiger partial charge is 0.466 e. The second kappa shape index (κ2) is 10.6. The summed E-state index contributed by atoms with van der Waals surface area (Å²) < 4.78 is 11.4. The van der Waals surface area contributed by atoms with E-state index >= 15 is 0 Å². The van der Waals surface area contributed by atoms with Crippen molar-refractivity contribution < 1.29 is 14.3 Å². The highest BCUT2D eigenvalue weighted by Gasteiger charge is 2.27. The molecule has 1 N–H and O–H groups in total. The van der Waals surface area contributed by atoms with Gasteiger partial charge in [-0.1, -0.05) is 60.7 Å². The standard InChI is InChI=1S/C27H31NO3/c1-2-30-27(29)14-10-20-7-12-23(13-8-20)25-15-16-28-18-26(25)31-19-21-9-11-22-5-3-4-6-24(22)17-21/h3-9,11-13,17,25-26,28H,2,10,14-16,18-19H2,1H3. The number of esters is 1. The zero-order chi connectivity index (χ0) is 21.5. The molecule has 1 aliphatic heterocycles. The van der Waals surface area contributed by atoms with Crippen LogP contribution in [0.2, 0.25) is 0 Å². The molecule has 4 nitrogen and oxygen atoms in total. The Morgan fingerprint density at radius 3 is 2.58 bits per heavy atom. The minimum Gasteiger partial charge on any atom is -0.466 e. The first-order valence-corrected chi connectivity index (χ1v) is 11.3. The van der Waals surface area contributed by atoms with Crippen molar-refractivity contribution in [1.82, 2.24) is 5.32 Å². The van der Waals surface area contributed by atoms with Gasteiger partial charge >= 0.3 is 5.97 Å². The highest BCUT2D eigenvalue weighted by atomic mass is 16.5. The number of rotatable bonds is 8. The maximum atomic E-state index is 11.6. The van der Waals surface area contributed by atoms with Gasteiger partial charge in [-0.3, -0.25) is 4.79 Å². The maximum Gasteiger partial charge on any atom is 0.306 e. The minimum absolute atomic E-state index is 0.132. The molecule has 31 heavy (non-hydrogen) atoms. The second-order valence-corrected chi connectivity index (χ2v) is 8.18. The molecule has 2 unspecified atom stereocenters. The topological polar surface area (TPSA) is 47.6 Å². The Kier molecular flexibility index (Phi) is 7.34. The van der Waals surface area contributed by atoms with Gasteiger partial charge in [0, 0.05) is 18.9 Å². The van der Waals surface area contributed by atoms with Crippen LogP contribution in [0.15, 0.2) is 66.7 Å². The lowest BCUT2D eigenvalue weighted by Crippen LogP contribution is -2.40. The third kappa shape index (κ3) is 5.72. The second-order valence-electron chi connectivity index (χ2n) is 8.18. The van der Waals surface area contributed by atoms with E-state index in [0.29, 0.717) is 32.0 Å². The van der Waals surface area contributed by atoms with E-state index in [1.807, 2.05) is 6.92 Å². The monoisotopic (exact) mass is 417 g/mol. The lowest BCUT2D eigenvalue weighted by atomic mass is 9.87. The number of fused-ring (bicyclic) bond motifs is 1. The van der Waals surface area contributed by atoms with Crippen LogP contribution < -0.4 is 5.32 Å². The van der Waals surface area contributed by atoms with E-state index in [-0.39, 0.29) is 12.1 Å². The molecule has 3 aromatic rings. The average Bonchev–Trinajstić information content (AvgIpc) is 2.82. The fourth-order valence-corrected chi connectivity index (χ4v) is 4.33. The Balaban J connectivity index is 1.38. The summed E-state index contributed by atoms with van der Waals surface area (Å²) in [6.07, 6.45) is 2.35. The summed E-state index contributed by atoms with van der Waals surface area (Å²) in [7, 11) is 0.